The summed E-state index contributed by atoms with van der Waals surface area (Å²) in [4.78, 5) is 14.5. The lowest BCUT2D eigenvalue weighted by atomic mass is 10.1. The second kappa shape index (κ2) is 5.60. The zero-order chi connectivity index (χ0) is 14.8. The van der Waals surface area contributed by atoms with Crippen molar-refractivity contribution in [3.63, 3.8) is 0 Å². The van der Waals surface area contributed by atoms with Crippen LogP contribution in [-0.2, 0) is 17.9 Å². The Morgan fingerprint density at radius 1 is 1.33 bits per heavy atom. The van der Waals surface area contributed by atoms with Crippen molar-refractivity contribution in [3.8, 4) is 0 Å². The summed E-state index contributed by atoms with van der Waals surface area (Å²) in [5.74, 6) is 0.542. The number of benzene rings is 1. The fourth-order valence-corrected chi connectivity index (χ4v) is 2.39. The van der Waals surface area contributed by atoms with Crippen molar-refractivity contribution < 1.29 is 4.79 Å². The number of carbonyl (C=O) groups excluding carboxylic acids is 1. The molecule has 0 radical (unpaired) electrons. The Balaban J connectivity index is 1.69. The minimum Gasteiger partial charge on any atom is -0.382 e. The van der Waals surface area contributed by atoms with Crippen LogP contribution in [0, 0.1) is 6.92 Å². The standard InChI is InChI=1S/C16H20N4O/c1-12-2-4-13(5-3-12)10-20(14-6-7-14)16(21)11-19-9-8-15(17)18-19/h2-5,8-9,14H,6-7,10-11H2,1H3,(H2,17,18). The molecule has 0 atom stereocenters. The highest BCUT2D eigenvalue weighted by atomic mass is 16.2. The lowest BCUT2D eigenvalue weighted by Crippen LogP contribution is -2.35. The number of nitrogens with two attached hydrogens (primary N) is 1. The Bertz CT molecular complexity index is 628. The average molecular weight is 284 g/mol. The molecule has 1 aliphatic carbocycles. The van der Waals surface area contributed by atoms with Gasteiger partial charge in [-0.2, -0.15) is 5.10 Å². The fourth-order valence-electron chi connectivity index (χ4n) is 2.39. The van der Waals surface area contributed by atoms with Crippen molar-refractivity contribution in [2.75, 3.05) is 5.73 Å². The zero-order valence-electron chi connectivity index (χ0n) is 12.2. The molecule has 1 fully saturated rings. The van der Waals surface area contributed by atoms with E-state index in [1.807, 2.05) is 4.90 Å². The second-order valence-corrected chi connectivity index (χ2v) is 5.68. The molecule has 1 aromatic heterocycles. The Hall–Kier alpha value is -2.30. The van der Waals surface area contributed by atoms with Crippen LogP contribution in [0.5, 0.6) is 0 Å². The number of nitrogens with zero attached hydrogens (tertiary/aromatic N) is 3. The molecular formula is C16H20N4O. The van der Waals surface area contributed by atoms with Crippen LogP contribution in [0.2, 0.25) is 0 Å². The molecule has 5 nitrogen and oxygen atoms in total. The van der Waals surface area contributed by atoms with E-state index in [9.17, 15) is 4.79 Å². The van der Waals surface area contributed by atoms with Gasteiger partial charge in [0, 0.05) is 18.8 Å². The summed E-state index contributed by atoms with van der Waals surface area (Å²) in [6, 6.07) is 10.4. The van der Waals surface area contributed by atoms with E-state index in [1.165, 1.54) is 11.1 Å². The Labute approximate surface area is 124 Å². The van der Waals surface area contributed by atoms with Gasteiger partial charge >= 0.3 is 0 Å². The summed E-state index contributed by atoms with van der Waals surface area (Å²) in [6.45, 7) is 2.98. The van der Waals surface area contributed by atoms with Gasteiger partial charge in [0.05, 0.1) is 0 Å². The molecule has 1 saturated carbocycles. The van der Waals surface area contributed by atoms with Gasteiger partial charge in [-0.3, -0.25) is 9.48 Å². The summed E-state index contributed by atoms with van der Waals surface area (Å²) in [7, 11) is 0. The lowest BCUT2D eigenvalue weighted by molar-refractivity contribution is -0.133. The maximum Gasteiger partial charge on any atom is 0.244 e. The number of hydrogen-bond donors (Lipinski definition) is 1. The SMILES string of the molecule is Cc1ccc(CN(C(=O)Cn2ccc(N)n2)C2CC2)cc1. The van der Waals surface area contributed by atoms with Crippen LogP contribution >= 0.6 is 0 Å². The molecule has 1 amide bonds. The van der Waals surface area contributed by atoms with Gasteiger partial charge in [0.1, 0.15) is 12.4 Å². The quantitative estimate of drug-likeness (QED) is 0.913. The van der Waals surface area contributed by atoms with Gasteiger partial charge in [0.25, 0.3) is 0 Å². The zero-order valence-corrected chi connectivity index (χ0v) is 12.2. The van der Waals surface area contributed by atoms with Crippen molar-refractivity contribution in [2.45, 2.75) is 38.9 Å². The molecule has 2 aromatic rings. The minimum atomic E-state index is 0.0983. The predicted octanol–water partition coefficient (Wildman–Crippen LogP) is 1.96. The molecule has 1 heterocycles. The third-order valence-corrected chi connectivity index (χ3v) is 3.74. The number of nitrogen functional groups attached to an aromatic ring is 1. The topological polar surface area (TPSA) is 64.2 Å². The van der Waals surface area contributed by atoms with E-state index < -0.39 is 0 Å². The first-order valence-corrected chi connectivity index (χ1v) is 7.26. The van der Waals surface area contributed by atoms with Crippen LogP contribution in [0.1, 0.15) is 24.0 Å². The number of aromatic nitrogens is 2. The van der Waals surface area contributed by atoms with Crippen molar-refractivity contribution in [1.29, 1.82) is 0 Å². The van der Waals surface area contributed by atoms with Gasteiger partial charge in [-0.15, -0.1) is 0 Å². The van der Waals surface area contributed by atoms with Crippen LogP contribution in [0.4, 0.5) is 5.82 Å². The van der Waals surface area contributed by atoms with Gasteiger partial charge in [-0.1, -0.05) is 29.8 Å². The first-order valence-electron chi connectivity index (χ1n) is 7.26. The molecule has 3 rings (SSSR count). The number of aryl methyl sites for hydroxylation is 1. The van der Waals surface area contributed by atoms with Crippen LogP contribution < -0.4 is 5.73 Å². The van der Waals surface area contributed by atoms with Gasteiger partial charge in [0.15, 0.2) is 0 Å². The molecule has 2 N–H and O–H groups in total. The molecule has 0 bridgehead atoms. The summed E-state index contributed by atoms with van der Waals surface area (Å²) < 4.78 is 1.60. The maximum atomic E-state index is 12.5. The molecule has 21 heavy (non-hydrogen) atoms. The molecule has 5 heteroatoms. The van der Waals surface area contributed by atoms with Crippen molar-refractivity contribution >= 4 is 11.7 Å². The average Bonchev–Trinajstić information content (AvgIpc) is 3.21. The highest BCUT2D eigenvalue weighted by molar-refractivity contribution is 5.76. The van der Waals surface area contributed by atoms with Crippen LogP contribution in [0.3, 0.4) is 0 Å². The molecule has 0 aliphatic heterocycles. The summed E-state index contributed by atoms with van der Waals surface area (Å²) in [6.07, 6.45) is 3.93. The normalized spacial score (nSPS) is 14.1. The van der Waals surface area contributed by atoms with Crippen LogP contribution in [0.15, 0.2) is 36.5 Å². The lowest BCUT2D eigenvalue weighted by Gasteiger charge is -2.22. The monoisotopic (exact) mass is 284 g/mol. The molecule has 0 saturated heterocycles. The minimum absolute atomic E-state index is 0.0983. The van der Waals surface area contributed by atoms with Gasteiger partial charge in [-0.05, 0) is 31.4 Å². The van der Waals surface area contributed by atoms with E-state index in [0.717, 1.165) is 12.8 Å². The largest absolute Gasteiger partial charge is 0.382 e. The van der Waals surface area contributed by atoms with Gasteiger partial charge in [0.2, 0.25) is 5.91 Å². The number of rotatable bonds is 5. The smallest absolute Gasteiger partial charge is 0.244 e. The second-order valence-electron chi connectivity index (χ2n) is 5.68. The number of anilines is 1. The number of amides is 1. The van der Waals surface area contributed by atoms with Crippen LogP contribution in [0.25, 0.3) is 0 Å². The molecule has 1 aromatic carbocycles. The van der Waals surface area contributed by atoms with E-state index in [0.29, 0.717) is 18.4 Å². The van der Waals surface area contributed by atoms with Crippen LogP contribution in [-0.4, -0.2) is 26.6 Å². The number of hydrogen-bond acceptors (Lipinski definition) is 3. The maximum absolute atomic E-state index is 12.5. The Morgan fingerprint density at radius 3 is 2.62 bits per heavy atom. The summed E-state index contributed by atoms with van der Waals surface area (Å²) in [5, 5.41) is 4.08. The van der Waals surface area contributed by atoms with Crippen molar-refractivity contribution in [3.05, 3.63) is 47.7 Å². The predicted molar refractivity (Wildman–Crippen MR) is 81.4 cm³/mol. The highest BCUT2D eigenvalue weighted by Crippen LogP contribution is 2.28. The van der Waals surface area contributed by atoms with E-state index in [-0.39, 0.29) is 12.5 Å². The van der Waals surface area contributed by atoms with Gasteiger partial charge in [-0.25, -0.2) is 0 Å². The van der Waals surface area contributed by atoms with Crippen molar-refractivity contribution in [2.24, 2.45) is 0 Å². The third kappa shape index (κ3) is 3.42. The fraction of sp³-hybridized carbons (Fsp3) is 0.375. The highest BCUT2D eigenvalue weighted by Gasteiger charge is 2.32. The molecule has 0 unspecified atom stereocenters. The summed E-state index contributed by atoms with van der Waals surface area (Å²) in [5.41, 5.74) is 7.98. The third-order valence-electron chi connectivity index (χ3n) is 3.74. The molecule has 0 spiro atoms. The Morgan fingerprint density at radius 2 is 2.05 bits per heavy atom. The van der Waals surface area contributed by atoms with E-state index in [2.05, 4.69) is 36.3 Å². The Kier molecular flexibility index (Phi) is 3.64. The molecular weight excluding hydrogens is 264 g/mol. The van der Waals surface area contributed by atoms with E-state index in [1.54, 1.807) is 16.9 Å². The first kappa shape index (κ1) is 13.7. The van der Waals surface area contributed by atoms with Crippen molar-refractivity contribution in [1.82, 2.24) is 14.7 Å². The summed E-state index contributed by atoms with van der Waals surface area (Å²) >= 11 is 0. The van der Waals surface area contributed by atoms with Gasteiger partial charge < -0.3 is 10.6 Å². The first-order chi connectivity index (χ1) is 10.1. The number of carbonyl (C=O) groups is 1. The molecule has 110 valence electrons. The van der Waals surface area contributed by atoms with E-state index >= 15 is 0 Å². The molecule has 1 aliphatic rings. The van der Waals surface area contributed by atoms with E-state index in [4.69, 9.17) is 5.73 Å².